The van der Waals surface area contributed by atoms with Gasteiger partial charge in [-0.05, 0) is 43.2 Å². The number of rotatable bonds is 3. The predicted octanol–water partition coefficient (Wildman–Crippen LogP) is 3.88. The molecule has 0 N–H and O–H groups in total. The molecular formula is C15H12N2O3. The Hall–Kier alpha value is -2.87. The maximum absolute atomic E-state index is 10.8. The van der Waals surface area contributed by atoms with Gasteiger partial charge in [0, 0.05) is 12.1 Å². The van der Waals surface area contributed by atoms with E-state index in [1.165, 1.54) is 18.2 Å². The molecule has 0 radical (unpaired) electrons. The van der Waals surface area contributed by atoms with Crippen LogP contribution in [0.25, 0.3) is 0 Å². The van der Waals surface area contributed by atoms with Crippen molar-refractivity contribution in [2.45, 2.75) is 13.8 Å². The molecule has 2 aromatic rings. The first-order chi connectivity index (χ1) is 9.49. The molecule has 0 aliphatic carbocycles. The minimum atomic E-state index is -0.584. The number of benzene rings is 2. The van der Waals surface area contributed by atoms with Crippen molar-refractivity contribution in [3.8, 4) is 17.6 Å². The summed E-state index contributed by atoms with van der Waals surface area (Å²) in [6.45, 7) is 3.91. The summed E-state index contributed by atoms with van der Waals surface area (Å²) in [7, 11) is 0. The van der Waals surface area contributed by atoms with Crippen molar-refractivity contribution in [2.75, 3.05) is 0 Å². The molecule has 0 heterocycles. The molecule has 2 aromatic carbocycles. The summed E-state index contributed by atoms with van der Waals surface area (Å²) in [4.78, 5) is 10.2. The Morgan fingerprint density at radius 3 is 2.30 bits per heavy atom. The Kier molecular flexibility index (Phi) is 3.67. The lowest BCUT2D eigenvalue weighted by atomic mass is 10.1. The van der Waals surface area contributed by atoms with Crippen molar-refractivity contribution in [1.82, 2.24) is 0 Å². The number of nitriles is 1. The minimum absolute atomic E-state index is 0.0168. The van der Waals surface area contributed by atoms with Gasteiger partial charge in [-0.3, -0.25) is 10.1 Å². The van der Waals surface area contributed by atoms with Gasteiger partial charge in [-0.25, -0.2) is 0 Å². The largest absolute Gasteiger partial charge is 0.457 e. The molecule has 0 aliphatic heterocycles. The first-order valence-corrected chi connectivity index (χ1v) is 5.94. The van der Waals surface area contributed by atoms with Crippen LogP contribution in [0.15, 0.2) is 36.4 Å². The van der Waals surface area contributed by atoms with E-state index in [0.717, 1.165) is 11.1 Å². The first kappa shape index (κ1) is 13.6. The summed E-state index contributed by atoms with van der Waals surface area (Å²) < 4.78 is 5.64. The van der Waals surface area contributed by atoms with Crippen LogP contribution in [-0.4, -0.2) is 4.92 Å². The van der Waals surface area contributed by atoms with Crippen molar-refractivity contribution in [2.24, 2.45) is 0 Å². The Labute approximate surface area is 116 Å². The second kappa shape index (κ2) is 5.41. The fraction of sp³-hybridized carbons (Fsp3) is 0.133. The van der Waals surface area contributed by atoms with E-state index in [4.69, 9.17) is 10.00 Å². The van der Waals surface area contributed by atoms with E-state index in [-0.39, 0.29) is 11.3 Å². The molecule has 0 unspecified atom stereocenters. The maximum Gasteiger partial charge on any atom is 0.287 e. The summed E-state index contributed by atoms with van der Waals surface area (Å²) >= 11 is 0. The van der Waals surface area contributed by atoms with Crippen molar-refractivity contribution in [1.29, 1.82) is 5.26 Å². The molecule has 0 amide bonds. The van der Waals surface area contributed by atoms with Gasteiger partial charge in [0.25, 0.3) is 5.69 Å². The molecule has 0 saturated heterocycles. The number of nitrogens with zero attached hydrogens (tertiary/aromatic N) is 2. The standard InChI is InChI=1S/C15H12N2O3/c1-10-5-11(2)7-14(6-10)20-13-3-4-15(17(18)19)12(8-13)9-16/h3-8H,1-2H3. The molecular weight excluding hydrogens is 256 g/mol. The van der Waals surface area contributed by atoms with E-state index < -0.39 is 4.92 Å². The van der Waals surface area contributed by atoms with Gasteiger partial charge in [-0.1, -0.05) is 6.07 Å². The highest BCUT2D eigenvalue weighted by Gasteiger charge is 2.14. The third-order valence-electron chi connectivity index (χ3n) is 2.72. The molecule has 0 aliphatic rings. The van der Waals surface area contributed by atoms with Gasteiger partial charge in [-0.15, -0.1) is 0 Å². The molecule has 0 fully saturated rings. The van der Waals surface area contributed by atoms with E-state index in [0.29, 0.717) is 11.5 Å². The van der Waals surface area contributed by atoms with E-state index in [1.807, 2.05) is 32.0 Å². The van der Waals surface area contributed by atoms with E-state index in [1.54, 1.807) is 6.07 Å². The van der Waals surface area contributed by atoms with E-state index in [9.17, 15) is 10.1 Å². The molecule has 0 saturated carbocycles. The van der Waals surface area contributed by atoms with Crippen LogP contribution in [0.4, 0.5) is 5.69 Å². The number of nitro benzene ring substituents is 1. The number of aryl methyl sites for hydroxylation is 2. The van der Waals surface area contributed by atoms with Crippen LogP contribution in [0.1, 0.15) is 16.7 Å². The zero-order chi connectivity index (χ0) is 14.7. The van der Waals surface area contributed by atoms with E-state index in [2.05, 4.69) is 0 Å². The predicted molar refractivity (Wildman–Crippen MR) is 73.8 cm³/mol. The Morgan fingerprint density at radius 1 is 1.10 bits per heavy atom. The second-order valence-corrected chi connectivity index (χ2v) is 4.47. The fourth-order valence-electron chi connectivity index (χ4n) is 1.96. The van der Waals surface area contributed by atoms with Crippen molar-refractivity contribution in [3.05, 3.63) is 63.2 Å². The molecule has 0 aromatic heterocycles. The molecule has 20 heavy (non-hydrogen) atoms. The molecule has 5 heteroatoms. The van der Waals surface area contributed by atoms with Crippen LogP contribution >= 0.6 is 0 Å². The van der Waals surface area contributed by atoms with Crippen molar-refractivity contribution >= 4 is 5.69 Å². The molecule has 0 spiro atoms. The first-order valence-electron chi connectivity index (χ1n) is 5.94. The lowest BCUT2D eigenvalue weighted by Crippen LogP contribution is -1.93. The molecule has 100 valence electrons. The zero-order valence-electron chi connectivity index (χ0n) is 11.1. The topological polar surface area (TPSA) is 76.2 Å². The van der Waals surface area contributed by atoms with Crippen LogP contribution < -0.4 is 4.74 Å². The Bertz CT molecular complexity index is 697. The van der Waals surface area contributed by atoms with Gasteiger partial charge in [0.15, 0.2) is 0 Å². The van der Waals surface area contributed by atoms with Gasteiger partial charge < -0.3 is 4.74 Å². The summed E-state index contributed by atoms with van der Waals surface area (Å²) in [5, 5.41) is 19.7. The Morgan fingerprint density at radius 2 is 1.75 bits per heavy atom. The minimum Gasteiger partial charge on any atom is -0.457 e. The Balaban J connectivity index is 2.35. The quantitative estimate of drug-likeness (QED) is 0.625. The van der Waals surface area contributed by atoms with Crippen LogP contribution in [0.2, 0.25) is 0 Å². The third-order valence-corrected chi connectivity index (χ3v) is 2.72. The molecule has 0 atom stereocenters. The number of ether oxygens (including phenoxy) is 1. The summed E-state index contributed by atoms with van der Waals surface area (Å²) in [5.41, 5.74) is 1.88. The van der Waals surface area contributed by atoms with Crippen LogP contribution in [-0.2, 0) is 0 Å². The summed E-state index contributed by atoms with van der Waals surface area (Å²) in [6.07, 6.45) is 0. The zero-order valence-corrected chi connectivity index (χ0v) is 11.1. The summed E-state index contributed by atoms with van der Waals surface area (Å²) in [5.74, 6) is 1.04. The van der Waals surface area contributed by atoms with Crippen LogP contribution in [0.3, 0.4) is 0 Å². The van der Waals surface area contributed by atoms with Crippen LogP contribution in [0, 0.1) is 35.3 Å². The summed E-state index contributed by atoms with van der Waals surface area (Å²) in [6, 6.07) is 11.7. The van der Waals surface area contributed by atoms with Gasteiger partial charge in [0.1, 0.15) is 23.1 Å². The average Bonchev–Trinajstić information content (AvgIpc) is 2.37. The number of hydrogen-bond acceptors (Lipinski definition) is 4. The molecule has 0 bridgehead atoms. The van der Waals surface area contributed by atoms with Crippen molar-refractivity contribution < 1.29 is 9.66 Å². The van der Waals surface area contributed by atoms with Gasteiger partial charge >= 0.3 is 0 Å². The normalized spacial score (nSPS) is 9.85. The molecule has 2 rings (SSSR count). The number of hydrogen-bond donors (Lipinski definition) is 0. The van der Waals surface area contributed by atoms with Gasteiger partial charge in [0.2, 0.25) is 0 Å². The highest BCUT2D eigenvalue weighted by molar-refractivity contribution is 5.53. The SMILES string of the molecule is Cc1cc(C)cc(Oc2ccc([N+](=O)[O-])c(C#N)c2)c1. The fourth-order valence-corrected chi connectivity index (χ4v) is 1.96. The number of nitro groups is 1. The highest BCUT2D eigenvalue weighted by atomic mass is 16.6. The second-order valence-electron chi connectivity index (χ2n) is 4.47. The third kappa shape index (κ3) is 2.93. The lowest BCUT2D eigenvalue weighted by molar-refractivity contribution is -0.385. The smallest absolute Gasteiger partial charge is 0.287 e. The van der Waals surface area contributed by atoms with Crippen molar-refractivity contribution in [3.63, 3.8) is 0 Å². The maximum atomic E-state index is 10.8. The van der Waals surface area contributed by atoms with Gasteiger partial charge in [0.05, 0.1) is 4.92 Å². The van der Waals surface area contributed by atoms with Crippen LogP contribution in [0.5, 0.6) is 11.5 Å². The highest BCUT2D eigenvalue weighted by Crippen LogP contribution is 2.28. The average molecular weight is 268 g/mol. The molecule has 5 nitrogen and oxygen atoms in total. The van der Waals surface area contributed by atoms with Gasteiger partial charge in [-0.2, -0.15) is 5.26 Å². The monoisotopic (exact) mass is 268 g/mol. The van der Waals surface area contributed by atoms with E-state index >= 15 is 0 Å². The lowest BCUT2D eigenvalue weighted by Gasteiger charge is -2.08.